The summed E-state index contributed by atoms with van der Waals surface area (Å²) in [4.78, 5) is 43.4. The summed E-state index contributed by atoms with van der Waals surface area (Å²) in [5, 5.41) is 2.32. The number of amides is 3. The Bertz CT molecular complexity index is 1430. The van der Waals surface area contributed by atoms with Gasteiger partial charge >= 0.3 is 0 Å². The molecule has 0 spiro atoms. The highest BCUT2D eigenvalue weighted by Gasteiger charge is 2.47. The van der Waals surface area contributed by atoms with Gasteiger partial charge in [0, 0.05) is 55.8 Å². The summed E-state index contributed by atoms with van der Waals surface area (Å²) < 4.78 is 15.3. The second-order valence-corrected chi connectivity index (χ2v) is 11.4. The quantitative estimate of drug-likeness (QED) is 0.486. The zero-order chi connectivity index (χ0) is 27.4. The van der Waals surface area contributed by atoms with E-state index in [4.69, 9.17) is 0 Å². The molecule has 0 aromatic heterocycles. The van der Waals surface area contributed by atoms with Gasteiger partial charge in [-0.1, -0.05) is 60.7 Å². The lowest BCUT2D eigenvalue weighted by molar-refractivity contribution is -0.136. The first-order chi connectivity index (χ1) is 19.5. The minimum Gasteiger partial charge on any atom is -0.322 e. The highest BCUT2D eigenvalue weighted by Crippen LogP contribution is 2.40. The van der Waals surface area contributed by atoms with Gasteiger partial charge in [-0.15, -0.1) is 0 Å². The Morgan fingerprint density at radius 3 is 2.17 bits per heavy atom. The Hall–Kier alpha value is -3.88. The van der Waals surface area contributed by atoms with Crippen molar-refractivity contribution in [1.82, 2.24) is 20.0 Å². The summed E-state index contributed by atoms with van der Waals surface area (Å²) in [6, 6.07) is 24.5. The van der Waals surface area contributed by atoms with E-state index >= 15 is 4.39 Å². The number of rotatable bonds is 6. The number of hydrogen-bond acceptors (Lipinski definition) is 5. The molecule has 8 heteroatoms. The maximum Gasteiger partial charge on any atom is 0.255 e. The van der Waals surface area contributed by atoms with Crippen LogP contribution < -0.4 is 5.32 Å². The molecule has 204 valence electrons. The first-order valence-corrected chi connectivity index (χ1v) is 14.0. The Morgan fingerprint density at radius 1 is 0.900 bits per heavy atom. The molecule has 0 aliphatic carbocycles. The predicted octanol–water partition coefficient (Wildman–Crippen LogP) is 3.63. The summed E-state index contributed by atoms with van der Waals surface area (Å²) in [6.45, 7) is 2.55. The van der Waals surface area contributed by atoms with E-state index in [1.807, 2.05) is 12.1 Å². The molecule has 7 nitrogen and oxygen atoms in total. The molecule has 8 rings (SSSR count). The molecule has 2 bridgehead atoms. The van der Waals surface area contributed by atoms with E-state index in [1.165, 1.54) is 22.1 Å². The van der Waals surface area contributed by atoms with Crippen LogP contribution in [0.2, 0.25) is 0 Å². The van der Waals surface area contributed by atoms with Gasteiger partial charge in [-0.2, -0.15) is 0 Å². The number of piperidine rings is 2. The number of nitrogens with one attached hydrogen (secondary N) is 1. The number of benzene rings is 3. The van der Waals surface area contributed by atoms with Gasteiger partial charge in [-0.25, -0.2) is 4.39 Å². The highest BCUT2D eigenvalue weighted by molar-refractivity contribution is 6.05. The molecule has 1 N–H and O–H groups in total. The molecule has 5 heterocycles. The third-order valence-electron chi connectivity index (χ3n) is 9.01. The SMILES string of the molecule is O=C1CCC(N2Cc3cc(CN4C5CC4CN(C(c4ccccc4)c4ccccc4)C5)c(F)cc3C2=O)C(=O)N1. The average molecular weight is 539 g/mol. The number of carbonyl (C=O) groups excluding carboxylic acids is 3. The van der Waals surface area contributed by atoms with E-state index in [0.717, 1.165) is 25.1 Å². The van der Waals surface area contributed by atoms with Gasteiger partial charge in [-0.05, 0) is 41.7 Å². The lowest BCUT2D eigenvalue weighted by atomic mass is 9.84. The smallest absolute Gasteiger partial charge is 0.255 e. The molecular weight excluding hydrogens is 507 g/mol. The van der Waals surface area contributed by atoms with Crippen LogP contribution in [0.3, 0.4) is 0 Å². The number of carbonyl (C=O) groups is 3. The van der Waals surface area contributed by atoms with Gasteiger partial charge in [0.2, 0.25) is 11.8 Å². The lowest BCUT2D eigenvalue weighted by Gasteiger charge is -2.58. The third-order valence-corrected chi connectivity index (χ3v) is 9.01. The van der Waals surface area contributed by atoms with Gasteiger partial charge < -0.3 is 4.90 Å². The number of hydrogen-bond donors (Lipinski definition) is 1. The molecule has 4 fully saturated rings. The second-order valence-electron chi connectivity index (χ2n) is 11.4. The summed E-state index contributed by atoms with van der Waals surface area (Å²) in [5.74, 6) is -1.51. The fraction of sp³-hybridized carbons (Fsp3) is 0.344. The standard InChI is InChI=1S/C32H31FN4O3/c33-27-15-26-22(16-37(32(26)40)28-11-12-29(38)34-31(28)39)13-23(27)17-36-24-14-25(36)19-35(18-24)30(20-7-3-1-4-8-20)21-9-5-2-6-10-21/h1-10,13,15,24-25,28,30H,11-12,14,16-19H2,(H,34,38,39). The molecule has 3 unspecified atom stereocenters. The van der Waals surface area contributed by atoms with E-state index in [2.05, 4.69) is 63.6 Å². The minimum atomic E-state index is -0.702. The molecule has 40 heavy (non-hydrogen) atoms. The van der Waals surface area contributed by atoms with Crippen LogP contribution in [0.15, 0.2) is 72.8 Å². The number of imide groups is 1. The van der Waals surface area contributed by atoms with Gasteiger partial charge in [0.15, 0.2) is 0 Å². The Balaban J connectivity index is 1.07. The van der Waals surface area contributed by atoms with Crippen LogP contribution in [0.25, 0.3) is 0 Å². The van der Waals surface area contributed by atoms with E-state index in [0.29, 0.717) is 36.2 Å². The van der Waals surface area contributed by atoms with Crippen molar-refractivity contribution in [3.05, 3.63) is 106 Å². The van der Waals surface area contributed by atoms with Crippen molar-refractivity contribution in [2.24, 2.45) is 0 Å². The van der Waals surface area contributed by atoms with Gasteiger partial charge in [0.25, 0.3) is 5.91 Å². The molecule has 5 aliphatic rings. The summed E-state index contributed by atoms with van der Waals surface area (Å²) >= 11 is 0. The summed E-state index contributed by atoms with van der Waals surface area (Å²) in [7, 11) is 0. The van der Waals surface area contributed by atoms with Gasteiger partial charge in [-0.3, -0.25) is 29.5 Å². The molecule has 0 radical (unpaired) electrons. The minimum absolute atomic E-state index is 0.177. The van der Waals surface area contributed by atoms with Gasteiger partial charge in [0.05, 0.1) is 6.04 Å². The first-order valence-electron chi connectivity index (χ1n) is 14.0. The molecule has 3 aromatic rings. The van der Waals surface area contributed by atoms with Crippen LogP contribution in [-0.2, 0) is 22.7 Å². The third kappa shape index (κ3) is 4.32. The fourth-order valence-electron chi connectivity index (χ4n) is 7.03. The summed E-state index contributed by atoms with van der Waals surface area (Å²) in [5.41, 5.74) is 4.19. The summed E-state index contributed by atoms with van der Waals surface area (Å²) in [6.07, 6.45) is 1.59. The van der Waals surface area contributed by atoms with Crippen molar-refractivity contribution in [1.29, 1.82) is 0 Å². The topological polar surface area (TPSA) is 73.0 Å². The highest BCUT2D eigenvalue weighted by atomic mass is 19.1. The van der Waals surface area contributed by atoms with Crippen LogP contribution in [-0.4, -0.2) is 63.6 Å². The zero-order valence-corrected chi connectivity index (χ0v) is 22.1. The van der Waals surface area contributed by atoms with Crippen molar-refractivity contribution in [3.8, 4) is 0 Å². The largest absolute Gasteiger partial charge is 0.322 e. The Labute approximate surface area is 232 Å². The normalized spacial score (nSPS) is 24.7. The molecule has 5 aliphatic heterocycles. The molecule has 0 saturated carbocycles. The molecule has 3 aromatic carbocycles. The fourth-order valence-corrected chi connectivity index (χ4v) is 7.03. The zero-order valence-electron chi connectivity index (χ0n) is 22.1. The van der Waals surface area contributed by atoms with Crippen LogP contribution in [0.5, 0.6) is 0 Å². The average Bonchev–Trinajstić information content (AvgIpc) is 3.27. The monoisotopic (exact) mass is 538 g/mol. The lowest BCUT2D eigenvalue weighted by Crippen LogP contribution is -2.68. The van der Waals surface area contributed by atoms with Crippen LogP contribution in [0.1, 0.15) is 57.9 Å². The van der Waals surface area contributed by atoms with Crippen LogP contribution >= 0.6 is 0 Å². The number of nitrogens with zero attached hydrogens (tertiary/aromatic N) is 3. The predicted molar refractivity (Wildman–Crippen MR) is 146 cm³/mol. The maximum absolute atomic E-state index is 15.3. The van der Waals surface area contributed by atoms with Crippen molar-refractivity contribution in [2.75, 3.05) is 13.1 Å². The van der Waals surface area contributed by atoms with Crippen molar-refractivity contribution in [3.63, 3.8) is 0 Å². The van der Waals surface area contributed by atoms with Crippen molar-refractivity contribution < 1.29 is 18.8 Å². The number of fused-ring (bicyclic) bond motifs is 3. The first kappa shape index (κ1) is 25.1. The van der Waals surface area contributed by atoms with Crippen LogP contribution in [0, 0.1) is 5.82 Å². The molecule has 3 atom stereocenters. The van der Waals surface area contributed by atoms with E-state index in [1.54, 1.807) is 6.07 Å². The van der Waals surface area contributed by atoms with Gasteiger partial charge in [0.1, 0.15) is 11.9 Å². The van der Waals surface area contributed by atoms with Crippen LogP contribution in [0.4, 0.5) is 4.39 Å². The molecule has 4 saturated heterocycles. The molecular formula is C32H31FN4O3. The Kier molecular flexibility index (Phi) is 6.24. The van der Waals surface area contributed by atoms with E-state index < -0.39 is 11.9 Å². The van der Waals surface area contributed by atoms with Crippen molar-refractivity contribution >= 4 is 17.7 Å². The van der Waals surface area contributed by atoms with Crippen molar-refractivity contribution in [2.45, 2.75) is 56.5 Å². The Morgan fingerprint density at radius 2 is 1.55 bits per heavy atom. The maximum atomic E-state index is 15.3. The number of halogens is 1. The number of piperazine rings is 1. The van der Waals surface area contributed by atoms with E-state index in [9.17, 15) is 14.4 Å². The molecule has 3 amide bonds. The van der Waals surface area contributed by atoms with E-state index in [-0.39, 0.29) is 36.6 Å². The second kappa shape index (κ2) is 9.94.